The molecule has 0 aromatic heterocycles. The first-order valence-electron chi connectivity index (χ1n) is 6.48. The number of nitrogens with two attached hydrogens (primary N) is 1. The van der Waals surface area contributed by atoms with Crippen molar-refractivity contribution < 1.29 is 5.11 Å². The Balaban J connectivity index is 1.90. The second kappa shape index (κ2) is 5.69. The first-order valence-corrected chi connectivity index (χ1v) is 6.48. The van der Waals surface area contributed by atoms with Crippen LogP contribution in [0.1, 0.15) is 18.1 Å². The summed E-state index contributed by atoms with van der Waals surface area (Å²) in [4.78, 5) is 4.57. The Morgan fingerprint density at radius 3 is 2.89 bits per heavy atom. The van der Waals surface area contributed by atoms with E-state index in [1.807, 2.05) is 24.3 Å². The molecule has 1 aromatic carbocycles. The highest BCUT2D eigenvalue weighted by Gasteiger charge is 2.25. The average molecular weight is 249 g/mol. The van der Waals surface area contributed by atoms with Crippen LogP contribution in [0.3, 0.4) is 0 Å². The van der Waals surface area contributed by atoms with Crippen molar-refractivity contribution in [2.45, 2.75) is 18.6 Å². The summed E-state index contributed by atoms with van der Waals surface area (Å²) in [5.74, 6) is 0. The SMILES string of the molecule is CN(C)C1CCN(CC(O)c2cccc(N)c2)C1. The minimum absolute atomic E-state index is 0.450. The standard InChI is InChI=1S/C14H23N3O/c1-16(2)13-6-7-17(9-13)10-14(18)11-4-3-5-12(15)8-11/h3-5,8,13-14,18H,6-7,9-10,15H2,1-2H3. The molecule has 4 heteroatoms. The molecule has 2 atom stereocenters. The monoisotopic (exact) mass is 249 g/mol. The lowest BCUT2D eigenvalue weighted by Crippen LogP contribution is -2.33. The van der Waals surface area contributed by atoms with Gasteiger partial charge < -0.3 is 15.7 Å². The van der Waals surface area contributed by atoms with Crippen LogP contribution in [0, 0.1) is 0 Å². The molecule has 1 aliphatic rings. The summed E-state index contributed by atoms with van der Waals surface area (Å²) in [6.45, 7) is 2.78. The molecule has 2 rings (SSSR count). The van der Waals surface area contributed by atoms with Gasteiger partial charge in [0.2, 0.25) is 0 Å². The van der Waals surface area contributed by atoms with Crippen molar-refractivity contribution in [2.24, 2.45) is 0 Å². The van der Waals surface area contributed by atoms with Gasteiger partial charge in [-0.25, -0.2) is 0 Å². The van der Waals surface area contributed by atoms with E-state index < -0.39 is 6.10 Å². The smallest absolute Gasteiger partial charge is 0.0917 e. The molecular formula is C14H23N3O. The van der Waals surface area contributed by atoms with Gasteiger partial charge in [0.05, 0.1) is 6.10 Å². The van der Waals surface area contributed by atoms with Crippen molar-refractivity contribution in [1.29, 1.82) is 0 Å². The highest BCUT2D eigenvalue weighted by Crippen LogP contribution is 2.20. The Morgan fingerprint density at radius 1 is 1.50 bits per heavy atom. The van der Waals surface area contributed by atoms with Gasteiger partial charge in [-0.05, 0) is 44.8 Å². The van der Waals surface area contributed by atoms with Crippen molar-refractivity contribution in [2.75, 3.05) is 39.5 Å². The van der Waals surface area contributed by atoms with Crippen LogP contribution in [-0.2, 0) is 0 Å². The van der Waals surface area contributed by atoms with E-state index in [0.717, 1.165) is 18.7 Å². The largest absolute Gasteiger partial charge is 0.399 e. The zero-order valence-electron chi connectivity index (χ0n) is 11.2. The summed E-state index contributed by atoms with van der Waals surface area (Å²) in [7, 11) is 4.23. The second-order valence-corrected chi connectivity index (χ2v) is 5.35. The molecule has 0 spiro atoms. The summed E-state index contributed by atoms with van der Waals surface area (Å²) in [5.41, 5.74) is 7.35. The summed E-state index contributed by atoms with van der Waals surface area (Å²) in [6.07, 6.45) is 0.728. The number of hydrogen-bond acceptors (Lipinski definition) is 4. The predicted octanol–water partition coefficient (Wildman–Crippen LogP) is 0.938. The Bertz CT molecular complexity index is 394. The predicted molar refractivity (Wildman–Crippen MR) is 74.3 cm³/mol. The maximum absolute atomic E-state index is 10.2. The number of anilines is 1. The molecule has 0 aliphatic carbocycles. The highest BCUT2D eigenvalue weighted by molar-refractivity contribution is 5.41. The topological polar surface area (TPSA) is 52.7 Å². The first kappa shape index (κ1) is 13.3. The second-order valence-electron chi connectivity index (χ2n) is 5.35. The van der Waals surface area contributed by atoms with Crippen molar-refractivity contribution >= 4 is 5.69 Å². The lowest BCUT2D eigenvalue weighted by molar-refractivity contribution is 0.122. The number of aliphatic hydroxyl groups is 1. The quantitative estimate of drug-likeness (QED) is 0.780. The van der Waals surface area contributed by atoms with Gasteiger partial charge in [-0.1, -0.05) is 12.1 Å². The fourth-order valence-electron chi connectivity index (χ4n) is 2.52. The number of nitrogen functional groups attached to an aromatic ring is 1. The lowest BCUT2D eigenvalue weighted by atomic mass is 10.1. The van der Waals surface area contributed by atoms with E-state index in [9.17, 15) is 5.11 Å². The fourth-order valence-corrected chi connectivity index (χ4v) is 2.52. The molecule has 2 unspecified atom stereocenters. The molecule has 1 aromatic rings. The van der Waals surface area contributed by atoms with E-state index in [1.54, 1.807) is 0 Å². The summed E-state index contributed by atoms with van der Waals surface area (Å²) < 4.78 is 0. The number of aliphatic hydroxyl groups excluding tert-OH is 1. The minimum atomic E-state index is -0.450. The van der Waals surface area contributed by atoms with Crippen molar-refractivity contribution in [3.8, 4) is 0 Å². The zero-order chi connectivity index (χ0) is 13.1. The Labute approximate surface area is 109 Å². The van der Waals surface area contributed by atoms with Crippen molar-refractivity contribution in [3.63, 3.8) is 0 Å². The summed E-state index contributed by atoms with van der Waals surface area (Å²) in [6, 6.07) is 8.12. The maximum Gasteiger partial charge on any atom is 0.0917 e. The highest BCUT2D eigenvalue weighted by atomic mass is 16.3. The summed E-state index contributed by atoms with van der Waals surface area (Å²) in [5, 5.41) is 10.2. The molecule has 3 N–H and O–H groups in total. The number of nitrogens with zero attached hydrogens (tertiary/aromatic N) is 2. The third-order valence-electron chi connectivity index (χ3n) is 3.70. The summed E-state index contributed by atoms with van der Waals surface area (Å²) >= 11 is 0. The Morgan fingerprint density at radius 2 is 2.28 bits per heavy atom. The maximum atomic E-state index is 10.2. The molecule has 1 aliphatic heterocycles. The van der Waals surface area contributed by atoms with Gasteiger partial charge >= 0.3 is 0 Å². The molecule has 18 heavy (non-hydrogen) atoms. The van der Waals surface area contributed by atoms with Crippen LogP contribution in [0.15, 0.2) is 24.3 Å². The molecule has 0 amide bonds. The van der Waals surface area contributed by atoms with Gasteiger partial charge in [-0.2, -0.15) is 0 Å². The minimum Gasteiger partial charge on any atom is -0.399 e. The molecular weight excluding hydrogens is 226 g/mol. The average Bonchev–Trinajstić information content (AvgIpc) is 2.77. The van der Waals surface area contributed by atoms with E-state index in [4.69, 9.17) is 5.73 Å². The fraction of sp³-hybridized carbons (Fsp3) is 0.571. The van der Waals surface area contributed by atoms with Gasteiger partial charge in [-0.15, -0.1) is 0 Å². The molecule has 100 valence electrons. The van der Waals surface area contributed by atoms with Crippen LogP contribution < -0.4 is 5.73 Å². The van der Waals surface area contributed by atoms with Crippen molar-refractivity contribution in [3.05, 3.63) is 29.8 Å². The molecule has 4 nitrogen and oxygen atoms in total. The van der Waals surface area contributed by atoms with E-state index in [2.05, 4.69) is 23.9 Å². The van der Waals surface area contributed by atoms with Crippen LogP contribution in [0.25, 0.3) is 0 Å². The van der Waals surface area contributed by atoms with Crippen molar-refractivity contribution in [1.82, 2.24) is 9.80 Å². The van der Waals surface area contributed by atoms with E-state index in [-0.39, 0.29) is 0 Å². The molecule has 1 heterocycles. The number of benzene rings is 1. The number of rotatable bonds is 4. The van der Waals surface area contributed by atoms with Crippen LogP contribution in [0.4, 0.5) is 5.69 Å². The lowest BCUT2D eigenvalue weighted by Gasteiger charge is -2.22. The third kappa shape index (κ3) is 3.22. The van der Waals surface area contributed by atoms with Crippen LogP contribution in [0.5, 0.6) is 0 Å². The normalized spacial score (nSPS) is 22.6. The number of likely N-dealkylation sites (tertiary alicyclic amines) is 1. The van der Waals surface area contributed by atoms with Gasteiger partial charge in [-0.3, -0.25) is 4.90 Å². The molecule has 1 saturated heterocycles. The van der Waals surface area contributed by atoms with Gasteiger partial charge in [0.25, 0.3) is 0 Å². The Hall–Kier alpha value is -1.10. The van der Waals surface area contributed by atoms with Gasteiger partial charge in [0.15, 0.2) is 0 Å². The first-order chi connectivity index (χ1) is 8.56. The number of β-amino-alcohol motifs (C(OH)–C–C–N with tert-alkyl or cyclic N) is 1. The van der Waals surface area contributed by atoms with Gasteiger partial charge in [0.1, 0.15) is 0 Å². The number of hydrogen-bond donors (Lipinski definition) is 2. The van der Waals surface area contributed by atoms with E-state index in [0.29, 0.717) is 18.3 Å². The van der Waals surface area contributed by atoms with E-state index in [1.165, 1.54) is 6.42 Å². The molecule has 0 radical (unpaired) electrons. The third-order valence-corrected chi connectivity index (χ3v) is 3.70. The zero-order valence-corrected chi connectivity index (χ0v) is 11.2. The van der Waals surface area contributed by atoms with Crippen LogP contribution in [-0.4, -0.2) is 54.7 Å². The Kier molecular flexibility index (Phi) is 4.22. The van der Waals surface area contributed by atoms with Crippen LogP contribution >= 0.6 is 0 Å². The molecule has 0 saturated carbocycles. The molecule has 0 bridgehead atoms. The van der Waals surface area contributed by atoms with Gasteiger partial charge in [0, 0.05) is 24.8 Å². The molecule has 1 fully saturated rings. The van der Waals surface area contributed by atoms with E-state index >= 15 is 0 Å². The van der Waals surface area contributed by atoms with Crippen LogP contribution in [0.2, 0.25) is 0 Å². The number of likely N-dealkylation sites (N-methyl/N-ethyl adjacent to an activating group) is 1.